The Bertz CT molecular complexity index is 548. The monoisotopic (exact) mass is 277 g/mol. The molecule has 0 aliphatic rings. The number of aryl methyl sites for hydroxylation is 1. The van der Waals surface area contributed by atoms with E-state index in [4.69, 9.17) is 4.74 Å². The summed E-state index contributed by atoms with van der Waals surface area (Å²) < 4.78 is 9.73. The van der Waals surface area contributed by atoms with Gasteiger partial charge in [0.15, 0.2) is 0 Å². The lowest BCUT2D eigenvalue weighted by molar-refractivity contribution is -0.140. The number of nitrogens with zero attached hydrogens (tertiary/aromatic N) is 1. The van der Waals surface area contributed by atoms with Crippen molar-refractivity contribution in [3.05, 3.63) is 35.3 Å². The molecule has 0 unspecified atom stereocenters. The van der Waals surface area contributed by atoms with Crippen molar-refractivity contribution in [1.29, 1.82) is 0 Å². The van der Waals surface area contributed by atoms with E-state index >= 15 is 0 Å². The standard InChI is InChI=1S/C14H15NO3S/c1-17-12-6-3-10(4-7-12)14-15-11(9-19-14)5-8-13(16)18-2/h3-4,6-7,9H,5,8H2,1-2H3. The van der Waals surface area contributed by atoms with Crippen molar-refractivity contribution in [2.75, 3.05) is 14.2 Å². The molecule has 2 rings (SSSR count). The fourth-order valence-corrected chi connectivity index (χ4v) is 2.48. The van der Waals surface area contributed by atoms with Crippen molar-refractivity contribution in [2.45, 2.75) is 12.8 Å². The van der Waals surface area contributed by atoms with Gasteiger partial charge in [-0.3, -0.25) is 4.79 Å². The van der Waals surface area contributed by atoms with E-state index in [0.717, 1.165) is 22.0 Å². The van der Waals surface area contributed by atoms with E-state index in [9.17, 15) is 4.79 Å². The highest BCUT2D eigenvalue weighted by molar-refractivity contribution is 7.13. The second kappa shape index (κ2) is 6.33. The molecule has 5 heteroatoms. The maximum Gasteiger partial charge on any atom is 0.305 e. The van der Waals surface area contributed by atoms with E-state index in [0.29, 0.717) is 12.8 Å². The molecule has 0 amide bonds. The molecule has 0 saturated heterocycles. The van der Waals surface area contributed by atoms with E-state index in [1.165, 1.54) is 7.11 Å². The molecule has 2 aromatic rings. The molecule has 4 nitrogen and oxygen atoms in total. The van der Waals surface area contributed by atoms with Gasteiger partial charge in [0.2, 0.25) is 0 Å². The quantitative estimate of drug-likeness (QED) is 0.788. The van der Waals surface area contributed by atoms with Gasteiger partial charge in [-0.15, -0.1) is 11.3 Å². The fourth-order valence-electron chi connectivity index (χ4n) is 1.62. The topological polar surface area (TPSA) is 48.4 Å². The summed E-state index contributed by atoms with van der Waals surface area (Å²) in [4.78, 5) is 15.6. The number of carbonyl (C=O) groups is 1. The molecule has 0 radical (unpaired) electrons. The maximum absolute atomic E-state index is 11.1. The second-order valence-corrected chi connectivity index (χ2v) is 4.81. The van der Waals surface area contributed by atoms with Crippen molar-refractivity contribution in [1.82, 2.24) is 4.98 Å². The zero-order valence-corrected chi connectivity index (χ0v) is 11.7. The third kappa shape index (κ3) is 3.54. The number of ether oxygens (including phenoxy) is 2. The van der Waals surface area contributed by atoms with E-state index < -0.39 is 0 Å². The van der Waals surface area contributed by atoms with Gasteiger partial charge in [0, 0.05) is 17.4 Å². The van der Waals surface area contributed by atoms with Gasteiger partial charge in [0.05, 0.1) is 26.3 Å². The van der Waals surface area contributed by atoms with Gasteiger partial charge >= 0.3 is 5.97 Å². The van der Waals surface area contributed by atoms with Crippen LogP contribution in [-0.4, -0.2) is 25.2 Å². The second-order valence-electron chi connectivity index (χ2n) is 3.95. The number of hydrogen-bond acceptors (Lipinski definition) is 5. The minimum atomic E-state index is -0.209. The van der Waals surface area contributed by atoms with E-state index in [1.54, 1.807) is 18.4 Å². The van der Waals surface area contributed by atoms with Crippen LogP contribution >= 0.6 is 11.3 Å². The highest BCUT2D eigenvalue weighted by atomic mass is 32.1. The van der Waals surface area contributed by atoms with Crippen LogP contribution in [-0.2, 0) is 16.0 Å². The number of hydrogen-bond donors (Lipinski definition) is 0. The molecular weight excluding hydrogens is 262 g/mol. The molecule has 1 heterocycles. The van der Waals surface area contributed by atoms with E-state index in [-0.39, 0.29) is 5.97 Å². The van der Waals surface area contributed by atoms with Gasteiger partial charge in [0.1, 0.15) is 10.8 Å². The van der Waals surface area contributed by atoms with Crippen LogP contribution in [0.25, 0.3) is 10.6 Å². The highest BCUT2D eigenvalue weighted by Gasteiger charge is 2.07. The molecule has 0 fully saturated rings. The summed E-state index contributed by atoms with van der Waals surface area (Å²) in [5, 5.41) is 2.92. The van der Waals surface area contributed by atoms with Crippen molar-refractivity contribution in [3.63, 3.8) is 0 Å². The van der Waals surface area contributed by atoms with Crippen LogP contribution in [0.4, 0.5) is 0 Å². The van der Waals surface area contributed by atoms with Crippen LogP contribution in [0.5, 0.6) is 5.75 Å². The van der Waals surface area contributed by atoms with Crippen LogP contribution < -0.4 is 4.74 Å². The number of carbonyl (C=O) groups excluding carboxylic acids is 1. The minimum absolute atomic E-state index is 0.209. The lowest BCUT2D eigenvalue weighted by Crippen LogP contribution is -2.01. The Balaban J connectivity index is 2.05. The number of methoxy groups -OCH3 is 2. The van der Waals surface area contributed by atoms with Gasteiger partial charge in [-0.25, -0.2) is 4.98 Å². The zero-order chi connectivity index (χ0) is 13.7. The molecule has 1 aromatic carbocycles. The van der Waals surface area contributed by atoms with Crippen molar-refractivity contribution in [2.24, 2.45) is 0 Å². The molecule has 0 spiro atoms. The van der Waals surface area contributed by atoms with Gasteiger partial charge in [-0.2, -0.15) is 0 Å². The normalized spacial score (nSPS) is 10.2. The largest absolute Gasteiger partial charge is 0.497 e. The molecule has 0 atom stereocenters. The first-order chi connectivity index (χ1) is 9.22. The molecule has 0 aliphatic carbocycles. The Morgan fingerprint density at radius 2 is 2.00 bits per heavy atom. The van der Waals surface area contributed by atoms with Crippen LogP contribution in [0, 0.1) is 0 Å². The van der Waals surface area contributed by atoms with Crippen LogP contribution in [0.15, 0.2) is 29.6 Å². The summed E-state index contributed by atoms with van der Waals surface area (Å²) in [5.74, 6) is 0.616. The zero-order valence-electron chi connectivity index (χ0n) is 10.9. The van der Waals surface area contributed by atoms with E-state index in [2.05, 4.69) is 9.72 Å². The summed E-state index contributed by atoms with van der Waals surface area (Å²) >= 11 is 1.57. The SMILES string of the molecule is COC(=O)CCc1csc(-c2ccc(OC)cc2)n1. The Kier molecular flexibility index (Phi) is 4.52. The number of rotatable bonds is 5. The van der Waals surface area contributed by atoms with Crippen molar-refractivity contribution in [3.8, 4) is 16.3 Å². The third-order valence-electron chi connectivity index (χ3n) is 2.70. The molecular formula is C14H15NO3S. The first-order valence-electron chi connectivity index (χ1n) is 5.88. The maximum atomic E-state index is 11.1. The average Bonchev–Trinajstić information content (AvgIpc) is 2.93. The molecule has 0 N–H and O–H groups in total. The summed E-state index contributed by atoms with van der Waals surface area (Å²) in [6, 6.07) is 7.76. The number of thiazole rings is 1. The third-order valence-corrected chi connectivity index (χ3v) is 3.64. The van der Waals surface area contributed by atoms with Gasteiger partial charge in [-0.05, 0) is 24.3 Å². The minimum Gasteiger partial charge on any atom is -0.497 e. The Labute approximate surface area is 116 Å². The summed E-state index contributed by atoms with van der Waals surface area (Å²) in [5.41, 5.74) is 1.97. The predicted molar refractivity (Wildman–Crippen MR) is 74.4 cm³/mol. The lowest BCUT2D eigenvalue weighted by atomic mass is 10.2. The summed E-state index contributed by atoms with van der Waals surface area (Å²) in [6.45, 7) is 0. The summed E-state index contributed by atoms with van der Waals surface area (Å²) in [6.07, 6.45) is 0.974. The Morgan fingerprint density at radius 3 is 2.63 bits per heavy atom. The number of esters is 1. The molecule has 19 heavy (non-hydrogen) atoms. The van der Waals surface area contributed by atoms with E-state index in [1.807, 2.05) is 29.6 Å². The lowest BCUT2D eigenvalue weighted by Gasteiger charge is -2.00. The molecule has 0 saturated carbocycles. The van der Waals surface area contributed by atoms with Gasteiger partial charge in [0.25, 0.3) is 0 Å². The first kappa shape index (κ1) is 13.5. The first-order valence-corrected chi connectivity index (χ1v) is 6.76. The van der Waals surface area contributed by atoms with Crippen LogP contribution in [0.3, 0.4) is 0 Å². The average molecular weight is 277 g/mol. The molecule has 100 valence electrons. The van der Waals surface area contributed by atoms with Crippen molar-refractivity contribution >= 4 is 17.3 Å². The van der Waals surface area contributed by atoms with Gasteiger partial charge in [-0.1, -0.05) is 0 Å². The highest BCUT2D eigenvalue weighted by Crippen LogP contribution is 2.26. The number of aromatic nitrogens is 1. The van der Waals surface area contributed by atoms with Crippen LogP contribution in [0.2, 0.25) is 0 Å². The van der Waals surface area contributed by atoms with Gasteiger partial charge < -0.3 is 9.47 Å². The molecule has 1 aromatic heterocycles. The summed E-state index contributed by atoms with van der Waals surface area (Å²) in [7, 11) is 3.04. The number of benzene rings is 1. The van der Waals surface area contributed by atoms with Crippen LogP contribution in [0.1, 0.15) is 12.1 Å². The van der Waals surface area contributed by atoms with Crippen molar-refractivity contribution < 1.29 is 14.3 Å². The molecule has 0 bridgehead atoms. The Morgan fingerprint density at radius 1 is 1.26 bits per heavy atom. The predicted octanol–water partition coefficient (Wildman–Crippen LogP) is 2.92. The Hall–Kier alpha value is -1.88. The smallest absolute Gasteiger partial charge is 0.305 e. The molecule has 0 aliphatic heterocycles. The fraction of sp³-hybridized carbons (Fsp3) is 0.286.